The normalized spacial score (nSPS) is 10.6. The van der Waals surface area contributed by atoms with Crippen molar-refractivity contribution in [3.63, 3.8) is 0 Å². The van der Waals surface area contributed by atoms with Gasteiger partial charge in [-0.25, -0.2) is 13.5 Å². The molecule has 0 saturated carbocycles. The largest absolute Gasteiger partial charge is 0.481 e. The van der Waals surface area contributed by atoms with E-state index in [4.69, 9.17) is 5.11 Å². The fraction of sp³-hybridized carbons (Fsp3) is 0.182. The third kappa shape index (κ3) is 2.68. The monoisotopic (exact) mass is 253 g/mol. The Bertz CT molecular complexity index is 583. The molecule has 2 aromatic rings. The number of aliphatic carboxylic acids is 1. The lowest BCUT2D eigenvalue weighted by molar-refractivity contribution is -0.136. The predicted octanol–water partition coefficient (Wildman–Crippen LogP) is 1.56. The molecule has 2 rings (SSSR count). The third-order valence-electron chi connectivity index (χ3n) is 2.29. The first-order valence-electron chi connectivity index (χ1n) is 5.14. The fourth-order valence-electron chi connectivity index (χ4n) is 1.43. The molecule has 0 unspecified atom stereocenters. The van der Waals surface area contributed by atoms with Gasteiger partial charge in [0.1, 0.15) is 11.5 Å². The second kappa shape index (κ2) is 4.91. The minimum atomic E-state index is -0.947. The molecule has 5 nitrogen and oxygen atoms in total. The minimum Gasteiger partial charge on any atom is -0.481 e. The Balaban J connectivity index is 2.21. The van der Waals surface area contributed by atoms with Crippen LogP contribution >= 0.6 is 0 Å². The number of halogens is 2. The van der Waals surface area contributed by atoms with Crippen molar-refractivity contribution in [1.82, 2.24) is 15.0 Å². The summed E-state index contributed by atoms with van der Waals surface area (Å²) in [6.07, 6.45) is 1.54. The maximum atomic E-state index is 13.4. The number of benzene rings is 1. The zero-order valence-corrected chi connectivity index (χ0v) is 9.18. The van der Waals surface area contributed by atoms with E-state index in [9.17, 15) is 13.6 Å². The first kappa shape index (κ1) is 12.2. The maximum Gasteiger partial charge on any atom is 0.303 e. The number of aromatic nitrogens is 3. The van der Waals surface area contributed by atoms with Crippen molar-refractivity contribution < 1.29 is 18.7 Å². The van der Waals surface area contributed by atoms with E-state index in [1.807, 2.05) is 0 Å². The molecule has 7 heteroatoms. The van der Waals surface area contributed by atoms with Gasteiger partial charge in [0.2, 0.25) is 0 Å². The number of carbonyl (C=O) groups is 1. The molecule has 0 aliphatic rings. The molecule has 0 radical (unpaired) electrons. The summed E-state index contributed by atoms with van der Waals surface area (Å²) in [6.45, 7) is 0. The molecule has 0 saturated heterocycles. The van der Waals surface area contributed by atoms with Crippen molar-refractivity contribution in [3.8, 4) is 5.69 Å². The van der Waals surface area contributed by atoms with Crippen LogP contribution in [-0.2, 0) is 11.2 Å². The summed E-state index contributed by atoms with van der Waals surface area (Å²) in [6, 6.07) is 3.09. The Kier molecular flexibility index (Phi) is 3.31. The summed E-state index contributed by atoms with van der Waals surface area (Å²) in [5.41, 5.74) is 0.492. The number of hydrogen-bond donors (Lipinski definition) is 1. The van der Waals surface area contributed by atoms with Crippen LogP contribution in [0.15, 0.2) is 24.4 Å². The van der Waals surface area contributed by atoms with Crippen LogP contribution in [0.3, 0.4) is 0 Å². The Hall–Kier alpha value is -2.31. The van der Waals surface area contributed by atoms with Crippen molar-refractivity contribution in [2.75, 3.05) is 0 Å². The molecule has 0 fully saturated rings. The van der Waals surface area contributed by atoms with E-state index in [1.54, 1.807) is 0 Å². The van der Waals surface area contributed by atoms with Crippen LogP contribution in [0, 0.1) is 11.6 Å². The lowest BCUT2D eigenvalue weighted by Crippen LogP contribution is -1.99. The molecule has 0 atom stereocenters. The molecule has 1 aromatic heterocycles. The van der Waals surface area contributed by atoms with Crippen LogP contribution in [0.1, 0.15) is 12.1 Å². The van der Waals surface area contributed by atoms with Crippen molar-refractivity contribution in [1.29, 1.82) is 0 Å². The maximum absolute atomic E-state index is 13.4. The van der Waals surface area contributed by atoms with Gasteiger partial charge in [-0.05, 0) is 12.1 Å². The van der Waals surface area contributed by atoms with Gasteiger partial charge in [0.05, 0.1) is 18.3 Å². The zero-order chi connectivity index (χ0) is 13.1. The SMILES string of the molecule is O=C(O)CCc1cn(-c2ccc(F)cc2F)nn1. The van der Waals surface area contributed by atoms with Gasteiger partial charge in [-0.15, -0.1) is 5.10 Å². The van der Waals surface area contributed by atoms with Gasteiger partial charge in [-0.2, -0.15) is 0 Å². The highest BCUT2D eigenvalue weighted by Crippen LogP contribution is 2.14. The Labute approximate surface area is 101 Å². The highest BCUT2D eigenvalue weighted by atomic mass is 19.1. The smallest absolute Gasteiger partial charge is 0.303 e. The summed E-state index contributed by atoms with van der Waals surface area (Å²) in [4.78, 5) is 10.4. The van der Waals surface area contributed by atoms with E-state index in [-0.39, 0.29) is 18.5 Å². The second-order valence-corrected chi connectivity index (χ2v) is 3.64. The number of carboxylic acids is 1. The third-order valence-corrected chi connectivity index (χ3v) is 2.29. The summed E-state index contributed by atoms with van der Waals surface area (Å²) >= 11 is 0. The van der Waals surface area contributed by atoms with Crippen LogP contribution < -0.4 is 0 Å². The minimum absolute atomic E-state index is 0.0606. The number of aryl methyl sites for hydroxylation is 1. The van der Waals surface area contributed by atoms with Crippen LogP contribution in [0.4, 0.5) is 8.78 Å². The molecule has 94 valence electrons. The van der Waals surface area contributed by atoms with Gasteiger partial charge in [-0.1, -0.05) is 5.21 Å². The van der Waals surface area contributed by atoms with Crippen molar-refractivity contribution in [2.45, 2.75) is 12.8 Å². The second-order valence-electron chi connectivity index (χ2n) is 3.64. The van der Waals surface area contributed by atoms with E-state index in [2.05, 4.69) is 10.3 Å². The molecular weight excluding hydrogens is 244 g/mol. The van der Waals surface area contributed by atoms with Crippen molar-refractivity contribution >= 4 is 5.97 Å². The van der Waals surface area contributed by atoms with Crippen molar-refractivity contribution in [2.24, 2.45) is 0 Å². The standard InChI is InChI=1S/C11H9F2N3O2/c12-7-1-3-10(9(13)5-7)16-6-8(14-15-16)2-4-11(17)18/h1,3,5-6H,2,4H2,(H,17,18). The summed E-state index contributed by atoms with van der Waals surface area (Å²) in [5.74, 6) is -2.38. The number of rotatable bonds is 4. The number of nitrogens with zero attached hydrogens (tertiary/aromatic N) is 3. The van der Waals surface area contributed by atoms with Crippen LogP contribution in [0.2, 0.25) is 0 Å². The van der Waals surface area contributed by atoms with Gasteiger partial charge in [0, 0.05) is 12.5 Å². The molecule has 1 heterocycles. The quantitative estimate of drug-likeness (QED) is 0.897. The Morgan fingerprint density at radius 2 is 2.17 bits per heavy atom. The fourth-order valence-corrected chi connectivity index (χ4v) is 1.43. The van der Waals surface area contributed by atoms with E-state index in [1.165, 1.54) is 12.3 Å². The highest BCUT2D eigenvalue weighted by Gasteiger charge is 2.09. The summed E-state index contributed by atoms with van der Waals surface area (Å²) in [5, 5.41) is 15.9. The van der Waals surface area contributed by atoms with Crippen LogP contribution in [0.5, 0.6) is 0 Å². The van der Waals surface area contributed by atoms with E-state index in [0.717, 1.165) is 16.8 Å². The van der Waals surface area contributed by atoms with Crippen molar-refractivity contribution in [3.05, 3.63) is 41.7 Å². The highest BCUT2D eigenvalue weighted by molar-refractivity contribution is 5.66. The van der Waals surface area contributed by atoms with Gasteiger partial charge in [0.15, 0.2) is 5.82 Å². The average Bonchev–Trinajstić information content (AvgIpc) is 2.75. The van der Waals surface area contributed by atoms with E-state index >= 15 is 0 Å². The Morgan fingerprint density at radius 3 is 2.83 bits per heavy atom. The number of hydrogen-bond acceptors (Lipinski definition) is 3. The first-order valence-corrected chi connectivity index (χ1v) is 5.14. The molecule has 1 N–H and O–H groups in total. The van der Waals surface area contributed by atoms with Crippen LogP contribution in [0.25, 0.3) is 5.69 Å². The topological polar surface area (TPSA) is 68.0 Å². The number of carboxylic acid groups (broad SMARTS) is 1. The van der Waals surface area contributed by atoms with E-state index in [0.29, 0.717) is 5.69 Å². The predicted molar refractivity (Wildman–Crippen MR) is 57.2 cm³/mol. The van der Waals surface area contributed by atoms with Gasteiger partial charge in [-0.3, -0.25) is 4.79 Å². The van der Waals surface area contributed by atoms with Gasteiger partial charge >= 0.3 is 5.97 Å². The lowest BCUT2D eigenvalue weighted by Gasteiger charge is -2.01. The average molecular weight is 253 g/mol. The molecule has 18 heavy (non-hydrogen) atoms. The molecule has 1 aromatic carbocycles. The van der Waals surface area contributed by atoms with Gasteiger partial charge < -0.3 is 5.11 Å². The van der Waals surface area contributed by atoms with Crippen LogP contribution in [-0.4, -0.2) is 26.1 Å². The van der Waals surface area contributed by atoms with E-state index < -0.39 is 17.6 Å². The molecule has 0 amide bonds. The zero-order valence-electron chi connectivity index (χ0n) is 9.18. The molecule has 0 bridgehead atoms. The summed E-state index contributed by atoms with van der Waals surface area (Å²) < 4.78 is 27.3. The molecule has 0 aliphatic heterocycles. The molecule has 0 spiro atoms. The lowest BCUT2D eigenvalue weighted by atomic mass is 10.2. The van der Waals surface area contributed by atoms with Gasteiger partial charge in [0.25, 0.3) is 0 Å². The summed E-state index contributed by atoms with van der Waals surface area (Å²) in [7, 11) is 0. The Morgan fingerprint density at radius 1 is 1.39 bits per heavy atom. The first-order chi connectivity index (χ1) is 8.56. The molecule has 0 aliphatic carbocycles. The molecular formula is C11H9F2N3O2.